The van der Waals surface area contributed by atoms with Crippen molar-refractivity contribution in [2.45, 2.75) is 0 Å². The van der Waals surface area contributed by atoms with Gasteiger partial charge in [0.1, 0.15) is 0 Å². The Morgan fingerprint density at radius 3 is 0.377 bits per heavy atom. The highest BCUT2D eigenvalue weighted by molar-refractivity contribution is 6.15. The standard InChI is InChI=1S/C126H78N12/c1-13-37-112-94(25-1)95-26-2-14-38-113(95)133(112)88-61-49-79(50-62-88)106-76-109(130-124(127-106)82-55-67-91(68-56-82)136-118-43-19-7-31-100(118)101-32-8-20-44-119(101)136)85-73-86(110-77-107(80-51-63-89(64-52-80)134-114-39-15-3-27-96(114)97-28-4-16-40-115(97)134)128-125(131-110)83-57-69-92(70-58-83)137-120-45-21-9-33-102(120)103-34-10-22-46-121(103)137)75-87(74-85)111-78-108(81-53-65-90(66-54-81)135-116-41-17-5-29-98(116)99-30-6-18-42-117(99)135)129-126(132-111)84-59-71-93(72-60-84)138-122-47-23-11-35-104(122)105-36-12-24-48-123(105)138/h1-78H. The molecule has 0 aliphatic heterocycles. The minimum Gasteiger partial charge on any atom is -0.309 e. The van der Waals surface area contributed by atoms with Crippen LogP contribution >= 0.6 is 0 Å². The number of para-hydroxylation sites is 12. The number of hydrogen-bond acceptors (Lipinski definition) is 6. The molecule has 0 aliphatic rings. The summed E-state index contributed by atoms with van der Waals surface area (Å²) in [5.74, 6) is 1.65. The second-order valence-electron chi connectivity index (χ2n) is 35.7. The minimum atomic E-state index is 0.551. The zero-order valence-corrected chi connectivity index (χ0v) is 74.4. The molecular formula is C126H78N12. The Labute approximate surface area is 791 Å². The molecule has 0 radical (unpaired) electrons. The van der Waals surface area contributed by atoms with Crippen LogP contribution in [0.2, 0.25) is 0 Å². The molecule has 0 N–H and O–H groups in total. The zero-order valence-electron chi connectivity index (χ0n) is 74.4. The van der Waals surface area contributed by atoms with E-state index in [4.69, 9.17) is 29.9 Å². The summed E-state index contributed by atoms with van der Waals surface area (Å²) in [6.45, 7) is 0. The molecule has 12 nitrogen and oxygen atoms in total. The zero-order chi connectivity index (χ0) is 90.6. The summed E-state index contributed by atoms with van der Waals surface area (Å²) < 4.78 is 14.1. The number of nitrogens with zero attached hydrogens (tertiary/aromatic N) is 12. The lowest BCUT2D eigenvalue weighted by molar-refractivity contribution is 1.15. The van der Waals surface area contributed by atoms with E-state index in [9.17, 15) is 0 Å². The van der Waals surface area contributed by atoms with Gasteiger partial charge in [-0.15, -0.1) is 0 Å². The summed E-state index contributed by atoms with van der Waals surface area (Å²) in [6, 6.07) is 170. The van der Waals surface area contributed by atoms with Gasteiger partial charge in [-0.1, -0.05) is 255 Å². The van der Waals surface area contributed by atoms with E-state index in [2.05, 4.69) is 501 Å². The van der Waals surface area contributed by atoms with Gasteiger partial charge in [0.25, 0.3) is 0 Å². The van der Waals surface area contributed by atoms with Gasteiger partial charge in [-0.25, -0.2) is 29.9 Å². The monoisotopic (exact) mass is 1760 g/mol. The Hall–Kier alpha value is -18.8. The normalized spacial score (nSPS) is 11.9. The fourth-order valence-electron chi connectivity index (χ4n) is 21.5. The number of hydrogen-bond donors (Lipinski definition) is 0. The molecule has 0 unspecified atom stereocenters. The fraction of sp³-hybridized carbons (Fsp3) is 0. The van der Waals surface area contributed by atoms with Crippen LogP contribution in [0.1, 0.15) is 0 Å². The molecule has 0 saturated carbocycles. The number of rotatable bonds is 15. The molecule has 642 valence electrons. The van der Waals surface area contributed by atoms with E-state index in [0.29, 0.717) is 34.6 Å². The van der Waals surface area contributed by atoms with E-state index in [0.717, 1.165) is 167 Å². The SMILES string of the molecule is c1ccc2c(c1)c1ccccc1n2-c1ccc(-c2cc(-c3cc(-c4cc(-c5ccc(-n6c7ccccc7c7ccccc76)cc5)nc(-c5ccc(-n6c7ccccc7c7ccccc76)cc5)n4)cc(-c4cc(-c5ccc(-n6c7ccccc7c7ccccc76)cc5)nc(-c5ccc(-n6c7ccccc7c7ccccc76)cc5)n4)c3)nc(-c3ccc(-n4c5ccccc5c5ccccc54)cc3)n2)cc1. The molecule has 0 bridgehead atoms. The average Bonchev–Trinajstić information content (AvgIpc) is 1.39. The summed E-state index contributed by atoms with van der Waals surface area (Å²) in [7, 11) is 0. The summed E-state index contributed by atoms with van der Waals surface area (Å²) in [4.78, 5) is 34.5. The summed E-state index contributed by atoms with van der Waals surface area (Å²) >= 11 is 0. The van der Waals surface area contributed by atoms with Gasteiger partial charge in [0.2, 0.25) is 0 Å². The Morgan fingerprint density at radius 2 is 0.232 bits per heavy atom. The van der Waals surface area contributed by atoms with Gasteiger partial charge in [0.05, 0.1) is 100 Å². The van der Waals surface area contributed by atoms with Crippen LogP contribution < -0.4 is 0 Å². The summed E-state index contributed by atoms with van der Waals surface area (Å²) in [6.07, 6.45) is 0. The first-order chi connectivity index (χ1) is 68.4. The van der Waals surface area contributed by atoms with Gasteiger partial charge in [-0.3, -0.25) is 0 Å². The molecule has 0 saturated heterocycles. The van der Waals surface area contributed by atoms with Gasteiger partial charge in [0.15, 0.2) is 17.5 Å². The number of benzene rings is 19. The van der Waals surface area contributed by atoms with Crippen LogP contribution in [0.15, 0.2) is 473 Å². The maximum Gasteiger partial charge on any atom is 0.160 e. The lowest BCUT2D eigenvalue weighted by Gasteiger charge is -2.16. The lowest BCUT2D eigenvalue weighted by atomic mass is 9.96. The Kier molecular flexibility index (Phi) is 17.8. The molecule has 12 heteroatoms. The number of fused-ring (bicyclic) bond motifs is 18. The first kappa shape index (κ1) is 77.9. The molecule has 0 atom stereocenters. The Bertz CT molecular complexity index is 8070. The maximum atomic E-state index is 5.82. The Balaban J connectivity index is 0.669. The van der Waals surface area contributed by atoms with Gasteiger partial charge in [-0.05, 0) is 218 Å². The first-order valence-corrected chi connectivity index (χ1v) is 46.8. The van der Waals surface area contributed by atoms with E-state index in [1.807, 2.05) is 0 Å². The third-order valence-corrected chi connectivity index (χ3v) is 27.9. The lowest BCUT2D eigenvalue weighted by Crippen LogP contribution is -2.00. The van der Waals surface area contributed by atoms with Crippen molar-refractivity contribution in [2.24, 2.45) is 0 Å². The van der Waals surface area contributed by atoms with Gasteiger partial charge in [0, 0.05) is 149 Å². The highest BCUT2D eigenvalue weighted by Gasteiger charge is 2.25. The van der Waals surface area contributed by atoms with Crippen LogP contribution in [0.3, 0.4) is 0 Å². The van der Waals surface area contributed by atoms with Crippen LogP contribution in [0.5, 0.6) is 0 Å². The van der Waals surface area contributed by atoms with Gasteiger partial charge >= 0.3 is 0 Å². The van der Waals surface area contributed by atoms with Crippen molar-refractivity contribution in [3.05, 3.63) is 473 Å². The van der Waals surface area contributed by atoms with Crippen LogP contribution in [0.25, 0.3) is 267 Å². The molecule has 138 heavy (non-hydrogen) atoms. The van der Waals surface area contributed by atoms with E-state index >= 15 is 0 Å². The van der Waals surface area contributed by atoms with Crippen LogP contribution in [-0.4, -0.2) is 57.3 Å². The third-order valence-electron chi connectivity index (χ3n) is 27.9. The predicted molar refractivity (Wildman–Crippen MR) is 568 cm³/mol. The fourth-order valence-corrected chi connectivity index (χ4v) is 21.5. The highest BCUT2D eigenvalue weighted by atomic mass is 15.0. The van der Waals surface area contributed by atoms with Gasteiger partial charge < -0.3 is 27.4 Å². The van der Waals surface area contributed by atoms with Crippen molar-refractivity contribution >= 4 is 131 Å². The molecule has 19 aromatic carbocycles. The third kappa shape index (κ3) is 12.7. The molecule has 0 spiro atoms. The van der Waals surface area contributed by atoms with Crippen molar-refractivity contribution < 1.29 is 0 Å². The smallest absolute Gasteiger partial charge is 0.160 e. The first-order valence-electron chi connectivity index (χ1n) is 46.8. The molecule has 9 aromatic heterocycles. The summed E-state index contributed by atoms with van der Waals surface area (Å²) in [5, 5.41) is 14.3. The molecular weight excluding hydrogens is 1680 g/mol. The Morgan fingerprint density at radius 1 is 0.109 bits per heavy atom. The van der Waals surface area contributed by atoms with Crippen molar-refractivity contribution in [1.82, 2.24) is 57.3 Å². The predicted octanol–water partition coefficient (Wildman–Crippen LogP) is 31.6. The molecule has 0 amide bonds. The van der Waals surface area contributed by atoms with E-state index in [1.54, 1.807) is 0 Å². The molecule has 0 aliphatic carbocycles. The van der Waals surface area contributed by atoms with E-state index in [-0.39, 0.29) is 0 Å². The van der Waals surface area contributed by atoms with Crippen molar-refractivity contribution in [2.75, 3.05) is 0 Å². The topological polar surface area (TPSA) is 107 Å². The molecule has 0 fully saturated rings. The highest BCUT2D eigenvalue weighted by Crippen LogP contribution is 2.45. The average molecular weight is 1760 g/mol. The molecule has 9 heterocycles. The second kappa shape index (κ2) is 31.5. The maximum absolute atomic E-state index is 5.82. The van der Waals surface area contributed by atoms with E-state index in [1.165, 1.54) is 64.6 Å². The minimum absolute atomic E-state index is 0.551. The van der Waals surface area contributed by atoms with Crippen LogP contribution in [0, 0.1) is 0 Å². The summed E-state index contributed by atoms with van der Waals surface area (Å²) in [5.41, 5.74) is 31.7. The molecule has 28 rings (SSSR count). The van der Waals surface area contributed by atoms with Crippen molar-refractivity contribution in [3.8, 4) is 136 Å². The van der Waals surface area contributed by atoms with Crippen molar-refractivity contribution in [1.29, 1.82) is 0 Å². The van der Waals surface area contributed by atoms with E-state index < -0.39 is 0 Å². The van der Waals surface area contributed by atoms with Crippen molar-refractivity contribution in [3.63, 3.8) is 0 Å². The molecule has 28 aromatic rings. The van der Waals surface area contributed by atoms with Crippen LogP contribution in [-0.2, 0) is 0 Å². The largest absolute Gasteiger partial charge is 0.309 e. The second-order valence-corrected chi connectivity index (χ2v) is 35.7. The van der Waals surface area contributed by atoms with Crippen LogP contribution in [0.4, 0.5) is 0 Å². The van der Waals surface area contributed by atoms with Gasteiger partial charge in [-0.2, -0.15) is 0 Å². The number of aromatic nitrogens is 12. The quantitative estimate of drug-likeness (QED) is 0.101.